The first-order valence-electron chi connectivity index (χ1n) is 5.99. The third-order valence-electron chi connectivity index (χ3n) is 3.36. The Labute approximate surface area is 105 Å². The maximum atomic E-state index is 13.4. The van der Waals surface area contributed by atoms with E-state index in [1.807, 2.05) is 18.5 Å². The number of nitrogens with two attached hydrogens (primary N) is 1. The van der Waals surface area contributed by atoms with Gasteiger partial charge in [0.05, 0.1) is 12.2 Å². The Balaban J connectivity index is 1.77. The maximum absolute atomic E-state index is 13.4. The Morgan fingerprint density at radius 1 is 1.33 bits per heavy atom. The number of benzene rings is 1. The van der Waals surface area contributed by atoms with E-state index in [1.54, 1.807) is 6.07 Å². The van der Waals surface area contributed by atoms with Gasteiger partial charge in [-0.05, 0) is 11.6 Å². The Bertz CT molecular complexity index is 564. The molecule has 5 heteroatoms. The van der Waals surface area contributed by atoms with Crippen LogP contribution in [0.1, 0.15) is 11.4 Å². The number of halogens is 1. The average molecular weight is 246 g/mol. The van der Waals surface area contributed by atoms with E-state index in [-0.39, 0.29) is 11.5 Å². The minimum Gasteiger partial charge on any atom is -0.396 e. The van der Waals surface area contributed by atoms with Crippen molar-refractivity contribution in [3.8, 4) is 0 Å². The summed E-state index contributed by atoms with van der Waals surface area (Å²) in [6.07, 6.45) is 3.80. The molecule has 0 saturated carbocycles. The molecule has 1 aliphatic rings. The van der Waals surface area contributed by atoms with Gasteiger partial charge in [-0.15, -0.1) is 0 Å². The third kappa shape index (κ3) is 1.97. The zero-order valence-electron chi connectivity index (χ0n) is 10.0. The molecule has 2 N–H and O–H groups in total. The van der Waals surface area contributed by atoms with Crippen molar-refractivity contribution in [1.29, 1.82) is 0 Å². The normalized spacial score (nSPS) is 15.6. The van der Waals surface area contributed by atoms with Crippen molar-refractivity contribution in [1.82, 2.24) is 14.5 Å². The number of hydrogen-bond acceptors (Lipinski definition) is 3. The number of anilines is 1. The molecule has 0 spiro atoms. The molecule has 0 amide bonds. The van der Waals surface area contributed by atoms with E-state index >= 15 is 0 Å². The van der Waals surface area contributed by atoms with Crippen LogP contribution in [0.2, 0.25) is 0 Å². The van der Waals surface area contributed by atoms with Crippen LogP contribution in [0.5, 0.6) is 0 Å². The molecular weight excluding hydrogens is 231 g/mol. The summed E-state index contributed by atoms with van der Waals surface area (Å²) in [6.45, 7) is 3.29. The second kappa shape index (κ2) is 4.42. The van der Waals surface area contributed by atoms with E-state index in [9.17, 15) is 4.39 Å². The van der Waals surface area contributed by atoms with Gasteiger partial charge in [-0.2, -0.15) is 0 Å². The Kier molecular flexibility index (Phi) is 2.76. The number of rotatable bonds is 2. The molecule has 0 bridgehead atoms. The van der Waals surface area contributed by atoms with Gasteiger partial charge in [-0.3, -0.25) is 4.90 Å². The number of para-hydroxylation sites is 1. The maximum Gasteiger partial charge on any atom is 0.146 e. The van der Waals surface area contributed by atoms with Crippen LogP contribution in [0.15, 0.2) is 30.6 Å². The van der Waals surface area contributed by atoms with Gasteiger partial charge in [0.2, 0.25) is 0 Å². The van der Waals surface area contributed by atoms with Gasteiger partial charge in [-0.1, -0.05) is 12.1 Å². The van der Waals surface area contributed by atoms with Crippen LogP contribution < -0.4 is 5.73 Å². The quantitative estimate of drug-likeness (QED) is 0.819. The van der Waals surface area contributed by atoms with Crippen LogP contribution in [-0.2, 0) is 19.6 Å². The molecule has 0 saturated heterocycles. The van der Waals surface area contributed by atoms with Crippen LogP contribution in [0.3, 0.4) is 0 Å². The standard InChI is InChI=1S/C13H15FN4/c14-11-3-1-2-10(13(11)15)8-17-6-7-18-5-4-16-12(18)9-17/h1-5H,6-9,15H2. The zero-order valence-corrected chi connectivity index (χ0v) is 10.0. The molecule has 94 valence electrons. The molecule has 1 aromatic carbocycles. The van der Waals surface area contributed by atoms with Crippen molar-refractivity contribution in [2.75, 3.05) is 12.3 Å². The summed E-state index contributed by atoms with van der Waals surface area (Å²) < 4.78 is 15.5. The monoisotopic (exact) mass is 246 g/mol. The lowest BCUT2D eigenvalue weighted by Gasteiger charge is -2.27. The van der Waals surface area contributed by atoms with Crippen molar-refractivity contribution in [3.05, 3.63) is 47.8 Å². The highest BCUT2D eigenvalue weighted by atomic mass is 19.1. The van der Waals surface area contributed by atoms with Crippen molar-refractivity contribution in [2.45, 2.75) is 19.6 Å². The minimum atomic E-state index is -0.342. The second-order valence-electron chi connectivity index (χ2n) is 4.56. The second-order valence-corrected chi connectivity index (χ2v) is 4.56. The zero-order chi connectivity index (χ0) is 12.5. The predicted octanol–water partition coefficient (Wildman–Crippen LogP) is 1.62. The van der Waals surface area contributed by atoms with E-state index in [4.69, 9.17) is 5.73 Å². The first-order valence-corrected chi connectivity index (χ1v) is 5.99. The summed E-state index contributed by atoms with van der Waals surface area (Å²) in [7, 11) is 0. The number of aromatic nitrogens is 2. The fraction of sp³-hybridized carbons (Fsp3) is 0.308. The molecule has 1 aromatic heterocycles. The topological polar surface area (TPSA) is 47.1 Å². The minimum absolute atomic E-state index is 0.256. The van der Waals surface area contributed by atoms with Gasteiger partial charge < -0.3 is 10.3 Å². The van der Waals surface area contributed by atoms with Gasteiger partial charge in [-0.25, -0.2) is 9.37 Å². The third-order valence-corrected chi connectivity index (χ3v) is 3.36. The number of fused-ring (bicyclic) bond motifs is 1. The predicted molar refractivity (Wildman–Crippen MR) is 67.2 cm³/mol. The lowest BCUT2D eigenvalue weighted by atomic mass is 10.1. The van der Waals surface area contributed by atoms with Crippen LogP contribution in [-0.4, -0.2) is 21.0 Å². The molecule has 0 radical (unpaired) electrons. The molecular formula is C13H15FN4. The molecule has 18 heavy (non-hydrogen) atoms. The van der Waals surface area contributed by atoms with Crippen LogP contribution >= 0.6 is 0 Å². The van der Waals surface area contributed by atoms with Crippen LogP contribution in [0.4, 0.5) is 10.1 Å². The summed E-state index contributed by atoms with van der Waals surface area (Å²) in [5.74, 6) is 0.710. The highest BCUT2D eigenvalue weighted by Crippen LogP contribution is 2.20. The molecule has 4 nitrogen and oxygen atoms in total. The van der Waals surface area contributed by atoms with Crippen molar-refractivity contribution in [3.63, 3.8) is 0 Å². The molecule has 3 rings (SSSR count). The summed E-state index contributed by atoms with van der Waals surface area (Å²) >= 11 is 0. The molecule has 0 atom stereocenters. The molecule has 0 aliphatic carbocycles. The largest absolute Gasteiger partial charge is 0.396 e. The molecule has 0 fully saturated rings. The van der Waals surface area contributed by atoms with Crippen molar-refractivity contribution < 1.29 is 4.39 Å². The SMILES string of the molecule is Nc1c(F)cccc1CN1CCn2ccnc2C1. The van der Waals surface area contributed by atoms with Gasteiger partial charge in [0, 0.05) is 32.0 Å². The smallest absolute Gasteiger partial charge is 0.146 e. The molecule has 0 unspecified atom stereocenters. The lowest BCUT2D eigenvalue weighted by Crippen LogP contribution is -2.33. The highest BCUT2D eigenvalue weighted by Gasteiger charge is 2.17. The van der Waals surface area contributed by atoms with Crippen molar-refractivity contribution >= 4 is 5.69 Å². The Morgan fingerprint density at radius 3 is 3.11 bits per heavy atom. The van der Waals surface area contributed by atoms with E-state index in [1.165, 1.54) is 6.07 Å². The van der Waals surface area contributed by atoms with Crippen LogP contribution in [0, 0.1) is 5.82 Å². The summed E-state index contributed by atoms with van der Waals surface area (Å²) in [6, 6.07) is 4.97. The Hall–Kier alpha value is -1.88. The Morgan fingerprint density at radius 2 is 2.22 bits per heavy atom. The summed E-state index contributed by atoms with van der Waals surface area (Å²) in [4.78, 5) is 6.53. The van der Waals surface area contributed by atoms with Crippen molar-refractivity contribution in [2.24, 2.45) is 0 Å². The summed E-state index contributed by atoms with van der Waals surface area (Å²) in [5, 5.41) is 0. The van der Waals surface area contributed by atoms with Gasteiger partial charge >= 0.3 is 0 Å². The summed E-state index contributed by atoms with van der Waals surface area (Å²) in [5.41, 5.74) is 6.85. The molecule has 1 aliphatic heterocycles. The number of nitrogen functional groups attached to an aromatic ring is 1. The number of imidazole rings is 1. The first-order chi connectivity index (χ1) is 8.74. The van der Waals surface area contributed by atoms with E-state index in [0.29, 0.717) is 6.54 Å². The fourth-order valence-corrected chi connectivity index (χ4v) is 2.32. The average Bonchev–Trinajstić information content (AvgIpc) is 2.82. The van der Waals surface area contributed by atoms with E-state index < -0.39 is 0 Å². The molecule has 2 heterocycles. The van der Waals surface area contributed by atoms with Gasteiger partial charge in [0.25, 0.3) is 0 Å². The fourth-order valence-electron chi connectivity index (χ4n) is 2.32. The van der Waals surface area contributed by atoms with E-state index in [0.717, 1.165) is 31.0 Å². The van der Waals surface area contributed by atoms with Gasteiger partial charge in [0.1, 0.15) is 11.6 Å². The molecule has 2 aromatic rings. The lowest BCUT2D eigenvalue weighted by molar-refractivity contribution is 0.209. The number of nitrogens with zero attached hydrogens (tertiary/aromatic N) is 3. The van der Waals surface area contributed by atoms with E-state index in [2.05, 4.69) is 14.5 Å². The highest BCUT2D eigenvalue weighted by molar-refractivity contribution is 5.47. The van der Waals surface area contributed by atoms with Crippen LogP contribution in [0.25, 0.3) is 0 Å². The van der Waals surface area contributed by atoms with Gasteiger partial charge in [0.15, 0.2) is 0 Å². The first kappa shape index (κ1) is 11.2. The number of hydrogen-bond donors (Lipinski definition) is 1.